The Balaban J connectivity index is 2.57. The summed E-state index contributed by atoms with van der Waals surface area (Å²) in [5, 5.41) is 15.5. The molecule has 0 radical (unpaired) electrons. The van der Waals surface area contributed by atoms with Gasteiger partial charge in [0.25, 0.3) is 0 Å². The molecule has 7 heteroatoms. The molecule has 0 saturated carbocycles. The molecular formula is C8H10N4O3. The van der Waals surface area contributed by atoms with E-state index in [0.717, 1.165) is 0 Å². The molecule has 0 aliphatic carbocycles. The van der Waals surface area contributed by atoms with E-state index in [2.05, 4.69) is 15.6 Å². The Bertz CT molecular complexity index is 363. The Kier molecular flexibility index (Phi) is 3.55. The molecule has 1 rings (SSSR count). The van der Waals surface area contributed by atoms with Crippen molar-refractivity contribution in [3.05, 3.63) is 28.4 Å². The minimum absolute atomic E-state index is 0.107. The maximum Gasteiger partial charge on any atom is 0.363 e. The fourth-order valence-corrected chi connectivity index (χ4v) is 0.869. The largest absolute Gasteiger partial charge is 0.373 e. The molecule has 0 aliphatic rings. The highest BCUT2D eigenvalue weighted by atomic mass is 16.6. The fourth-order valence-electron chi connectivity index (χ4n) is 0.869. The first-order valence-electron chi connectivity index (χ1n) is 4.18. The Labute approximate surface area is 85.7 Å². The summed E-state index contributed by atoms with van der Waals surface area (Å²) in [6.45, 7) is 0.107. The number of rotatable bonds is 4. The molecule has 1 aromatic rings. The number of amides is 1. The normalized spacial score (nSPS) is 9.40. The van der Waals surface area contributed by atoms with Gasteiger partial charge in [-0.2, -0.15) is 0 Å². The summed E-state index contributed by atoms with van der Waals surface area (Å²) in [4.78, 5) is 24.1. The van der Waals surface area contributed by atoms with E-state index in [0.29, 0.717) is 5.69 Å². The second-order valence-electron chi connectivity index (χ2n) is 2.69. The number of pyridine rings is 1. The Morgan fingerprint density at radius 3 is 2.80 bits per heavy atom. The third-order valence-corrected chi connectivity index (χ3v) is 1.67. The number of carbonyl (C=O) groups is 1. The number of anilines is 1. The maximum atomic E-state index is 10.9. The van der Waals surface area contributed by atoms with Crippen LogP contribution in [0.1, 0.15) is 0 Å². The predicted molar refractivity (Wildman–Crippen MR) is 53.4 cm³/mol. The van der Waals surface area contributed by atoms with Gasteiger partial charge in [-0.3, -0.25) is 4.79 Å². The first-order chi connectivity index (χ1) is 7.13. The highest BCUT2D eigenvalue weighted by Gasteiger charge is 2.06. The molecule has 0 bridgehead atoms. The highest BCUT2D eigenvalue weighted by Crippen LogP contribution is 2.10. The summed E-state index contributed by atoms with van der Waals surface area (Å²) >= 11 is 0. The van der Waals surface area contributed by atoms with Gasteiger partial charge in [-0.25, -0.2) is 0 Å². The van der Waals surface area contributed by atoms with Crippen LogP contribution in [0.15, 0.2) is 18.3 Å². The molecule has 7 nitrogen and oxygen atoms in total. The number of likely N-dealkylation sites (N-methyl/N-ethyl adjacent to an activating group) is 1. The standard InChI is InChI=1S/C8H10N4O3/c1-9-8(13)5-10-6-2-3-7(11-4-6)12(14)15/h2-4,10H,5H2,1H3,(H,9,13). The van der Waals surface area contributed by atoms with Crippen LogP contribution in [0.25, 0.3) is 0 Å². The van der Waals surface area contributed by atoms with Gasteiger partial charge in [0.15, 0.2) is 6.20 Å². The zero-order valence-electron chi connectivity index (χ0n) is 8.06. The molecule has 1 heterocycles. The summed E-state index contributed by atoms with van der Waals surface area (Å²) in [5.74, 6) is -0.395. The molecule has 0 saturated heterocycles. The summed E-state index contributed by atoms with van der Waals surface area (Å²) in [6.07, 6.45) is 1.31. The van der Waals surface area contributed by atoms with Crippen LogP contribution in [0.5, 0.6) is 0 Å². The van der Waals surface area contributed by atoms with Gasteiger partial charge in [0.2, 0.25) is 5.91 Å². The number of hydrogen-bond acceptors (Lipinski definition) is 5. The number of nitrogens with one attached hydrogen (secondary N) is 2. The zero-order chi connectivity index (χ0) is 11.3. The lowest BCUT2D eigenvalue weighted by molar-refractivity contribution is -0.389. The number of hydrogen-bond donors (Lipinski definition) is 2. The minimum atomic E-state index is -0.581. The monoisotopic (exact) mass is 210 g/mol. The number of nitrogens with zero attached hydrogens (tertiary/aromatic N) is 2. The summed E-state index contributed by atoms with van der Waals surface area (Å²) in [6, 6.07) is 2.76. The van der Waals surface area contributed by atoms with Crippen molar-refractivity contribution in [2.75, 3.05) is 18.9 Å². The van der Waals surface area contributed by atoms with E-state index in [-0.39, 0.29) is 18.3 Å². The molecule has 0 aromatic carbocycles. The molecule has 0 atom stereocenters. The van der Waals surface area contributed by atoms with Crippen LogP contribution < -0.4 is 10.6 Å². The molecule has 2 N–H and O–H groups in total. The van der Waals surface area contributed by atoms with Crippen molar-refractivity contribution in [2.24, 2.45) is 0 Å². The third-order valence-electron chi connectivity index (χ3n) is 1.67. The van der Waals surface area contributed by atoms with E-state index in [1.165, 1.54) is 25.4 Å². The van der Waals surface area contributed by atoms with Crippen LogP contribution in [-0.2, 0) is 4.79 Å². The van der Waals surface area contributed by atoms with Gasteiger partial charge < -0.3 is 20.7 Å². The topological polar surface area (TPSA) is 97.2 Å². The number of aromatic nitrogens is 1. The van der Waals surface area contributed by atoms with Crippen molar-refractivity contribution < 1.29 is 9.72 Å². The van der Waals surface area contributed by atoms with Crippen LogP contribution in [-0.4, -0.2) is 29.4 Å². The first-order valence-corrected chi connectivity index (χ1v) is 4.18. The van der Waals surface area contributed by atoms with E-state index in [1.807, 2.05) is 0 Å². The van der Waals surface area contributed by atoms with Gasteiger partial charge in [-0.05, 0) is 16.0 Å². The summed E-state index contributed by atoms with van der Waals surface area (Å²) in [5.41, 5.74) is 0.559. The van der Waals surface area contributed by atoms with E-state index in [4.69, 9.17) is 0 Å². The molecule has 0 spiro atoms. The Morgan fingerprint density at radius 1 is 1.60 bits per heavy atom. The molecule has 0 unspecified atom stereocenters. The highest BCUT2D eigenvalue weighted by molar-refractivity contribution is 5.80. The lowest BCUT2D eigenvalue weighted by atomic mass is 10.4. The molecule has 1 aromatic heterocycles. The van der Waals surface area contributed by atoms with Crippen molar-refractivity contribution in [3.63, 3.8) is 0 Å². The SMILES string of the molecule is CNC(=O)CNc1ccc([N+](=O)[O-])nc1. The van der Waals surface area contributed by atoms with E-state index in [1.54, 1.807) is 0 Å². The van der Waals surface area contributed by atoms with Crippen molar-refractivity contribution >= 4 is 17.4 Å². The van der Waals surface area contributed by atoms with Gasteiger partial charge in [-0.1, -0.05) is 0 Å². The van der Waals surface area contributed by atoms with Gasteiger partial charge >= 0.3 is 5.82 Å². The zero-order valence-corrected chi connectivity index (χ0v) is 8.06. The molecule has 15 heavy (non-hydrogen) atoms. The molecule has 80 valence electrons. The maximum absolute atomic E-state index is 10.9. The third kappa shape index (κ3) is 3.22. The average molecular weight is 210 g/mol. The number of carbonyl (C=O) groups excluding carboxylic acids is 1. The average Bonchev–Trinajstić information content (AvgIpc) is 2.26. The van der Waals surface area contributed by atoms with Crippen molar-refractivity contribution in [1.29, 1.82) is 0 Å². The summed E-state index contributed by atoms with van der Waals surface area (Å²) in [7, 11) is 1.53. The Morgan fingerprint density at radius 2 is 2.33 bits per heavy atom. The minimum Gasteiger partial charge on any atom is -0.373 e. The van der Waals surface area contributed by atoms with Crippen molar-refractivity contribution in [3.8, 4) is 0 Å². The van der Waals surface area contributed by atoms with Crippen molar-refractivity contribution in [2.45, 2.75) is 0 Å². The second-order valence-corrected chi connectivity index (χ2v) is 2.69. The molecule has 1 amide bonds. The van der Waals surface area contributed by atoms with Crippen LogP contribution in [0.4, 0.5) is 11.5 Å². The van der Waals surface area contributed by atoms with E-state index in [9.17, 15) is 14.9 Å². The molecule has 0 fully saturated rings. The van der Waals surface area contributed by atoms with E-state index < -0.39 is 4.92 Å². The lowest BCUT2D eigenvalue weighted by Gasteiger charge is -2.02. The van der Waals surface area contributed by atoms with Gasteiger partial charge in [0, 0.05) is 13.1 Å². The van der Waals surface area contributed by atoms with Gasteiger partial charge in [0.05, 0.1) is 12.2 Å². The van der Waals surface area contributed by atoms with Gasteiger partial charge in [-0.15, -0.1) is 0 Å². The van der Waals surface area contributed by atoms with Crippen LogP contribution in [0.2, 0.25) is 0 Å². The fraction of sp³-hybridized carbons (Fsp3) is 0.250. The van der Waals surface area contributed by atoms with E-state index >= 15 is 0 Å². The molecule has 0 aliphatic heterocycles. The van der Waals surface area contributed by atoms with Crippen LogP contribution in [0, 0.1) is 10.1 Å². The quantitative estimate of drug-likeness (QED) is 0.544. The second kappa shape index (κ2) is 4.89. The van der Waals surface area contributed by atoms with Crippen molar-refractivity contribution in [1.82, 2.24) is 10.3 Å². The Hall–Kier alpha value is -2.18. The lowest BCUT2D eigenvalue weighted by Crippen LogP contribution is -2.26. The summed E-state index contributed by atoms with van der Waals surface area (Å²) < 4.78 is 0. The van der Waals surface area contributed by atoms with Crippen LogP contribution in [0.3, 0.4) is 0 Å². The number of nitro groups is 1. The smallest absolute Gasteiger partial charge is 0.363 e. The van der Waals surface area contributed by atoms with Crippen LogP contribution >= 0.6 is 0 Å². The van der Waals surface area contributed by atoms with Gasteiger partial charge in [0.1, 0.15) is 0 Å². The first kappa shape index (κ1) is 10.9. The predicted octanol–water partition coefficient (Wildman–Crippen LogP) is 0.148. The molecular weight excluding hydrogens is 200 g/mol.